The first-order valence-electron chi connectivity index (χ1n) is 6.79. The molecule has 0 aliphatic heterocycles. The van der Waals surface area contributed by atoms with Gasteiger partial charge in [0, 0.05) is 49.2 Å². The molecule has 0 saturated carbocycles. The summed E-state index contributed by atoms with van der Waals surface area (Å²) >= 11 is 0. The summed E-state index contributed by atoms with van der Waals surface area (Å²) in [6, 6.07) is 0.425. The van der Waals surface area contributed by atoms with Crippen molar-refractivity contribution >= 4 is 0 Å². The topological polar surface area (TPSA) is 43.4 Å². The van der Waals surface area contributed by atoms with E-state index in [0.717, 1.165) is 48.4 Å². The zero-order chi connectivity index (χ0) is 14.3. The van der Waals surface area contributed by atoms with E-state index in [1.165, 1.54) is 0 Å². The molecule has 4 nitrogen and oxygen atoms in total. The van der Waals surface area contributed by atoms with Crippen LogP contribution in [0.2, 0.25) is 0 Å². The van der Waals surface area contributed by atoms with Crippen molar-refractivity contribution in [3.05, 3.63) is 23.0 Å². The van der Waals surface area contributed by atoms with Crippen molar-refractivity contribution in [1.82, 2.24) is 10.3 Å². The van der Waals surface area contributed by atoms with Gasteiger partial charge in [0.05, 0.1) is 7.11 Å². The van der Waals surface area contributed by atoms with E-state index >= 15 is 0 Å². The van der Waals surface area contributed by atoms with E-state index in [-0.39, 0.29) is 0 Å². The van der Waals surface area contributed by atoms with Crippen LogP contribution in [0.15, 0.2) is 6.20 Å². The normalized spacial score (nSPS) is 12.5. The fraction of sp³-hybridized carbons (Fsp3) is 0.667. The third-order valence-corrected chi connectivity index (χ3v) is 3.50. The summed E-state index contributed by atoms with van der Waals surface area (Å²) in [6.45, 7) is 4.91. The van der Waals surface area contributed by atoms with Gasteiger partial charge >= 0.3 is 0 Å². The predicted molar refractivity (Wildman–Crippen MR) is 77.9 cm³/mol. The summed E-state index contributed by atoms with van der Waals surface area (Å²) < 4.78 is 10.5. The van der Waals surface area contributed by atoms with Gasteiger partial charge < -0.3 is 14.8 Å². The van der Waals surface area contributed by atoms with Gasteiger partial charge in [0.2, 0.25) is 0 Å². The minimum atomic E-state index is 0.425. The second-order valence-electron chi connectivity index (χ2n) is 4.87. The maximum absolute atomic E-state index is 5.45. The fourth-order valence-electron chi connectivity index (χ4n) is 2.33. The van der Waals surface area contributed by atoms with Crippen LogP contribution in [0, 0.1) is 13.8 Å². The number of aromatic nitrogens is 1. The smallest absolute Gasteiger partial charge is 0.128 e. The standard InChI is InChI=1S/C15H26N2O2/c1-11-10-17-14(12(2)15(11)19-5)9-13(16-3)7-6-8-18-4/h10,13,16H,6-9H2,1-5H3. The lowest BCUT2D eigenvalue weighted by molar-refractivity contribution is 0.189. The van der Waals surface area contributed by atoms with Crippen molar-refractivity contribution in [2.75, 3.05) is 27.9 Å². The summed E-state index contributed by atoms with van der Waals surface area (Å²) in [7, 11) is 5.45. The average molecular weight is 266 g/mol. The summed E-state index contributed by atoms with van der Waals surface area (Å²) in [4.78, 5) is 4.55. The first-order chi connectivity index (χ1) is 9.13. The first-order valence-corrected chi connectivity index (χ1v) is 6.79. The molecule has 0 radical (unpaired) electrons. The second-order valence-corrected chi connectivity index (χ2v) is 4.87. The quantitative estimate of drug-likeness (QED) is 0.733. The zero-order valence-corrected chi connectivity index (χ0v) is 12.7. The number of nitrogens with one attached hydrogen (secondary N) is 1. The van der Waals surface area contributed by atoms with Crippen LogP contribution in [-0.2, 0) is 11.2 Å². The Labute approximate surface area is 116 Å². The van der Waals surface area contributed by atoms with E-state index in [2.05, 4.69) is 17.2 Å². The summed E-state index contributed by atoms with van der Waals surface area (Å²) in [5.41, 5.74) is 3.35. The third-order valence-electron chi connectivity index (χ3n) is 3.50. The number of likely N-dealkylation sites (N-methyl/N-ethyl adjacent to an activating group) is 1. The van der Waals surface area contributed by atoms with E-state index in [9.17, 15) is 0 Å². The number of aryl methyl sites for hydroxylation is 1. The highest BCUT2D eigenvalue weighted by Gasteiger charge is 2.14. The monoisotopic (exact) mass is 266 g/mol. The Morgan fingerprint density at radius 1 is 1.32 bits per heavy atom. The molecule has 1 heterocycles. The molecule has 0 saturated heterocycles. The van der Waals surface area contributed by atoms with Gasteiger partial charge in [-0.2, -0.15) is 0 Å². The lowest BCUT2D eigenvalue weighted by atomic mass is 10.0. The van der Waals surface area contributed by atoms with Crippen molar-refractivity contribution in [2.45, 2.75) is 39.2 Å². The van der Waals surface area contributed by atoms with Gasteiger partial charge in [-0.1, -0.05) is 0 Å². The Bertz CT molecular complexity index is 394. The fourth-order valence-corrected chi connectivity index (χ4v) is 2.33. The Balaban J connectivity index is 2.74. The highest BCUT2D eigenvalue weighted by Crippen LogP contribution is 2.25. The molecule has 1 atom stereocenters. The van der Waals surface area contributed by atoms with Crippen LogP contribution >= 0.6 is 0 Å². The molecule has 1 aromatic heterocycles. The SMILES string of the molecule is CNC(CCCOC)Cc1ncc(C)c(OC)c1C. The van der Waals surface area contributed by atoms with Crippen molar-refractivity contribution in [2.24, 2.45) is 0 Å². The van der Waals surface area contributed by atoms with E-state index in [0.29, 0.717) is 6.04 Å². The van der Waals surface area contributed by atoms with E-state index in [4.69, 9.17) is 9.47 Å². The minimum Gasteiger partial charge on any atom is -0.496 e. The molecule has 108 valence electrons. The Hall–Kier alpha value is -1.13. The molecule has 0 aromatic carbocycles. The maximum atomic E-state index is 5.45. The molecule has 1 aromatic rings. The lowest BCUT2D eigenvalue weighted by Crippen LogP contribution is -2.28. The van der Waals surface area contributed by atoms with Crippen molar-refractivity contribution in [3.8, 4) is 5.75 Å². The highest BCUT2D eigenvalue weighted by atomic mass is 16.5. The molecule has 1 unspecified atom stereocenters. The Kier molecular flexibility index (Phi) is 6.81. The van der Waals surface area contributed by atoms with Crippen LogP contribution in [-0.4, -0.2) is 38.9 Å². The molecule has 0 aliphatic carbocycles. The maximum Gasteiger partial charge on any atom is 0.128 e. The first kappa shape index (κ1) is 15.9. The average Bonchev–Trinajstić information content (AvgIpc) is 2.41. The second kappa shape index (κ2) is 8.12. The Morgan fingerprint density at radius 2 is 2.05 bits per heavy atom. The zero-order valence-electron chi connectivity index (χ0n) is 12.7. The van der Waals surface area contributed by atoms with Gasteiger partial charge in [-0.05, 0) is 33.7 Å². The van der Waals surface area contributed by atoms with Gasteiger partial charge in [0.15, 0.2) is 0 Å². The van der Waals surface area contributed by atoms with Crippen LogP contribution in [0.25, 0.3) is 0 Å². The molecule has 1 rings (SSSR count). The van der Waals surface area contributed by atoms with Crippen LogP contribution in [0.5, 0.6) is 5.75 Å². The molecule has 1 N–H and O–H groups in total. The van der Waals surface area contributed by atoms with Crippen LogP contribution in [0.3, 0.4) is 0 Å². The van der Waals surface area contributed by atoms with E-state index in [1.54, 1.807) is 14.2 Å². The Morgan fingerprint density at radius 3 is 2.63 bits per heavy atom. The molecular weight excluding hydrogens is 240 g/mol. The molecule has 19 heavy (non-hydrogen) atoms. The van der Waals surface area contributed by atoms with Gasteiger partial charge in [-0.3, -0.25) is 4.98 Å². The van der Waals surface area contributed by atoms with Gasteiger partial charge in [0.1, 0.15) is 5.75 Å². The summed E-state index contributed by atoms with van der Waals surface area (Å²) in [6.07, 6.45) is 4.96. The van der Waals surface area contributed by atoms with Gasteiger partial charge in [0.25, 0.3) is 0 Å². The number of methoxy groups -OCH3 is 2. The van der Waals surface area contributed by atoms with Crippen molar-refractivity contribution < 1.29 is 9.47 Å². The lowest BCUT2D eigenvalue weighted by Gasteiger charge is -2.18. The van der Waals surface area contributed by atoms with Crippen molar-refractivity contribution in [3.63, 3.8) is 0 Å². The number of pyridine rings is 1. The summed E-state index contributed by atoms with van der Waals surface area (Å²) in [5, 5.41) is 3.35. The third kappa shape index (κ3) is 4.48. The number of hydrogen-bond acceptors (Lipinski definition) is 4. The van der Waals surface area contributed by atoms with Crippen LogP contribution in [0.1, 0.15) is 29.7 Å². The molecule has 0 bridgehead atoms. The number of rotatable bonds is 8. The molecular formula is C15H26N2O2. The minimum absolute atomic E-state index is 0.425. The molecule has 4 heteroatoms. The van der Waals surface area contributed by atoms with Crippen LogP contribution in [0.4, 0.5) is 0 Å². The highest BCUT2D eigenvalue weighted by molar-refractivity contribution is 5.41. The van der Waals surface area contributed by atoms with E-state index < -0.39 is 0 Å². The predicted octanol–water partition coefficient (Wildman–Crippen LogP) is 2.26. The van der Waals surface area contributed by atoms with Gasteiger partial charge in [-0.15, -0.1) is 0 Å². The molecule has 0 amide bonds. The van der Waals surface area contributed by atoms with E-state index in [1.807, 2.05) is 20.2 Å². The molecule has 0 fully saturated rings. The number of hydrogen-bond donors (Lipinski definition) is 1. The van der Waals surface area contributed by atoms with Crippen molar-refractivity contribution in [1.29, 1.82) is 0 Å². The van der Waals surface area contributed by atoms with Crippen LogP contribution < -0.4 is 10.1 Å². The number of nitrogens with zero attached hydrogens (tertiary/aromatic N) is 1. The number of ether oxygens (including phenoxy) is 2. The van der Waals surface area contributed by atoms with Gasteiger partial charge in [-0.25, -0.2) is 0 Å². The largest absolute Gasteiger partial charge is 0.496 e. The molecule has 0 spiro atoms. The summed E-state index contributed by atoms with van der Waals surface area (Å²) in [5.74, 6) is 0.955. The molecule has 0 aliphatic rings.